The van der Waals surface area contributed by atoms with Gasteiger partial charge in [0.15, 0.2) is 5.78 Å². The van der Waals surface area contributed by atoms with Gasteiger partial charge >= 0.3 is 0 Å². The fourth-order valence-corrected chi connectivity index (χ4v) is 2.02. The topological polar surface area (TPSA) is 29.5 Å². The van der Waals surface area contributed by atoms with Gasteiger partial charge in [0.1, 0.15) is 5.75 Å². The molecule has 1 fully saturated rings. The summed E-state index contributed by atoms with van der Waals surface area (Å²) < 4.78 is 5.32. The van der Waals surface area contributed by atoms with Crippen LogP contribution < -0.4 is 9.64 Å². The number of ketones is 1. The Bertz CT molecular complexity index is 387. The lowest BCUT2D eigenvalue weighted by Crippen LogP contribution is -2.21. The molecule has 0 N–H and O–H groups in total. The molecule has 80 valence electrons. The predicted octanol–water partition coefficient (Wildman–Crippen LogP) is 1.78. The minimum atomic E-state index is 0.306. The van der Waals surface area contributed by atoms with Crippen LogP contribution in [0.15, 0.2) is 18.2 Å². The third-order valence-electron chi connectivity index (χ3n) is 2.76. The normalized spacial score (nSPS) is 15.9. The largest absolute Gasteiger partial charge is 0.495 e. The van der Waals surface area contributed by atoms with Crippen molar-refractivity contribution in [2.75, 3.05) is 25.1 Å². The van der Waals surface area contributed by atoms with Crippen molar-refractivity contribution in [1.82, 2.24) is 0 Å². The van der Waals surface area contributed by atoms with Gasteiger partial charge in [0.25, 0.3) is 0 Å². The number of methoxy groups -OCH3 is 1. The highest BCUT2D eigenvalue weighted by Crippen LogP contribution is 2.33. The van der Waals surface area contributed by atoms with Crippen LogP contribution in [0.4, 0.5) is 5.69 Å². The van der Waals surface area contributed by atoms with Gasteiger partial charge in [-0.3, -0.25) is 4.79 Å². The van der Waals surface area contributed by atoms with E-state index in [0.29, 0.717) is 18.7 Å². The zero-order chi connectivity index (χ0) is 10.8. The molecule has 1 saturated heterocycles. The second-order valence-corrected chi connectivity index (χ2v) is 3.84. The third-order valence-corrected chi connectivity index (χ3v) is 2.76. The lowest BCUT2D eigenvalue weighted by atomic mass is 10.1. The van der Waals surface area contributed by atoms with Crippen molar-refractivity contribution in [2.45, 2.75) is 13.3 Å². The van der Waals surface area contributed by atoms with Crippen molar-refractivity contribution in [1.29, 1.82) is 0 Å². The fourth-order valence-electron chi connectivity index (χ4n) is 2.02. The molecule has 15 heavy (non-hydrogen) atoms. The maximum atomic E-state index is 11.3. The Kier molecular flexibility index (Phi) is 2.62. The molecule has 0 spiro atoms. The Morgan fingerprint density at radius 3 is 2.80 bits per heavy atom. The van der Waals surface area contributed by atoms with Crippen LogP contribution in [-0.4, -0.2) is 26.0 Å². The first-order valence-electron chi connectivity index (χ1n) is 5.12. The average molecular weight is 205 g/mol. The highest BCUT2D eigenvalue weighted by atomic mass is 16.5. The molecule has 1 heterocycles. The molecule has 0 saturated carbocycles. The van der Waals surface area contributed by atoms with Crippen molar-refractivity contribution in [2.24, 2.45) is 0 Å². The van der Waals surface area contributed by atoms with E-state index >= 15 is 0 Å². The van der Waals surface area contributed by atoms with Gasteiger partial charge in [0.05, 0.1) is 19.3 Å². The van der Waals surface area contributed by atoms with Crippen LogP contribution in [0.25, 0.3) is 0 Å². The number of para-hydroxylation sites is 1. The number of Topliss-reactive ketones (excluding diaryl/α,β-unsaturated/α-hetero) is 1. The fraction of sp³-hybridized carbons (Fsp3) is 0.417. The van der Waals surface area contributed by atoms with Crippen molar-refractivity contribution in [3.05, 3.63) is 23.8 Å². The molecule has 1 aliphatic rings. The first-order valence-corrected chi connectivity index (χ1v) is 5.12. The molecule has 2 rings (SSSR count). The smallest absolute Gasteiger partial charge is 0.153 e. The molecule has 1 aliphatic heterocycles. The minimum absolute atomic E-state index is 0.306. The van der Waals surface area contributed by atoms with Gasteiger partial charge in [-0.25, -0.2) is 0 Å². The summed E-state index contributed by atoms with van der Waals surface area (Å²) in [7, 11) is 1.66. The van der Waals surface area contributed by atoms with E-state index in [1.165, 1.54) is 0 Å². The van der Waals surface area contributed by atoms with E-state index in [9.17, 15) is 4.79 Å². The van der Waals surface area contributed by atoms with Gasteiger partial charge in [-0.1, -0.05) is 12.1 Å². The van der Waals surface area contributed by atoms with Crippen molar-refractivity contribution in [3.63, 3.8) is 0 Å². The molecule has 0 amide bonds. The van der Waals surface area contributed by atoms with E-state index in [2.05, 4.69) is 4.90 Å². The quantitative estimate of drug-likeness (QED) is 0.737. The van der Waals surface area contributed by atoms with E-state index in [-0.39, 0.29) is 0 Å². The van der Waals surface area contributed by atoms with Crippen LogP contribution in [0, 0.1) is 6.92 Å². The number of hydrogen-bond acceptors (Lipinski definition) is 3. The number of nitrogens with zero attached hydrogens (tertiary/aromatic N) is 1. The lowest BCUT2D eigenvalue weighted by molar-refractivity contribution is -0.116. The molecule has 0 radical (unpaired) electrons. The van der Waals surface area contributed by atoms with E-state index < -0.39 is 0 Å². The molecule has 0 aliphatic carbocycles. The summed E-state index contributed by atoms with van der Waals surface area (Å²) in [5, 5.41) is 0. The first kappa shape index (κ1) is 10.0. The van der Waals surface area contributed by atoms with Gasteiger partial charge in [-0.2, -0.15) is 0 Å². The molecule has 1 aromatic rings. The molecule has 0 unspecified atom stereocenters. The van der Waals surface area contributed by atoms with Gasteiger partial charge in [0, 0.05) is 13.0 Å². The summed E-state index contributed by atoms with van der Waals surface area (Å²) in [5.74, 6) is 1.16. The van der Waals surface area contributed by atoms with Crippen molar-refractivity contribution >= 4 is 11.5 Å². The first-order chi connectivity index (χ1) is 7.22. The van der Waals surface area contributed by atoms with Crippen LogP contribution in [0.1, 0.15) is 12.0 Å². The summed E-state index contributed by atoms with van der Waals surface area (Å²) in [6, 6.07) is 5.95. The summed E-state index contributed by atoms with van der Waals surface area (Å²) in [6.45, 7) is 3.36. The number of aryl methyl sites for hydroxylation is 1. The van der Waals surface area contributed by atoms with Crippen LogP contribution in [0.2, 0.25) is 0 Å². The minimum Gasteiger partial charge on any atom is -0.495 e. The standard InChI is InChI=1S/C12H15NO2/c1-9-4-3-5-11(15-2)12(9)13-7-6-10(14)8-13/h3-5H,6-8H2,1-2H3. The second-order valence-electron chi connectivity index (χ2n) is 3.84. The van der Waals surface area contributed by atoms with E-state index in [4.69, 9.17) is 4.74 Å². The number of anilines is 1. The van der Waals surface area contributed by atoms with Crippen LogP contribution in [0.5, 0.6) is 5.75 Å². The molecule has 1 aromatic carbocycles. The highest BCUT2D eigenvalue weighted by molar-refractivity contribution is 5.88. The molecular weight excluding hydrogens is 190 g/mol. The van der Waals surface area contributed by atoms with Gasteiger partial charge in [-0.05, 0) is 18.6 Å². The summed E-state index contributed by atoms with van der Waals surface area (Å²) >= 11 is 0. The average Bonchev–Trinajstić information content (AvgIpc) is 2.64. The number of carbonyl (C=O) groups is 1. The number of ether oxygens (including phenoxy) is 1. The number of benzene rings is 1. The number of hydrogen-bond donors (Lipinski definition) is 0. The third kappa shape index (κ3) is 1.82. The molecule has 0 atom stereocenters. The Hall–Kier alpha value is -1.51. The maximum absolute atomic E-state index is 11.3. The summed E-state index contributed by atoms with van der Waals surface area (Å²) in [5.41, 5.74) is 2.22. The second kappa shape index (κ2) is 3.93. The van der Waals surface area contributed by atoms with E-state index in [0.717, 1.165) is 23.5 Å². The summed E-state index contributed by atoms with van der Waals surface area (Å²) in [4.78, 5) is 13.3. The highest BCUT2D eigenvalue weighted by Gasteiger charge is 2.23. The molecular formula is C12H15NO2. The maximum Gasteiger partial charge on any atom is 0.153 e. The Morgan fingerprint density at radius 1 is 1.40 bits per heavy atom. The monoisotopic (exact) mass is 205 g/mol. The van der Waals surface area contributed by atoms with E-state index in [1.54, 1.807) is 7.11 Å². The van der Waals surface area contributed by atoms with Gasteiger partial charge < -0.3 is 9.64 Å². The lowest BCUT2D eigenvalue weighted by Gasteiger charge is -2.21. The zero-order valence-corrected chi connectivity index (χ0v) is 9.12. The SMILES string of the molecule is COc1cccc(C)c1N1CCC(=O)C1. The van der Waals surface area contributed by atoms with Crippen LogP contribution >= 0.6 is 0 Å². The van der Waals surface area contributed by atoms with E-state index in [1.807, 2.05) is 25.1 Å². The van der Waals surface area contributed by atoms with Crippen LogP contribution in [0.3, 0.4) is 0 Å². The number of rotatable bonds is 2. The summed E-state index contributed by atoms with van der Waals surface area (Å²) in [6.07, 6.45) is 0.650. The molecule has 3 heteroatoms. The van der Waals surface area contributed by atoms with Crippen LogP contribution in [-0.2, 0) is 4.79 Å². The molecule has 0 bridgehead atoms. The molecule has 3 nitrogen and oxygen atoms in total. The van der Waals surface area contributed by atoms with Crippen molar-refractivity contribution in [3.8, 4) is 5.75 Å². The zero-order valence-electron chi connectivity index (χ0n) is 9.12. The Morgan fingerprint density at radius 2 is 2.20 bits per heavy atom. The van der Waals surface area contributed by atoms with Gasteiger partial charge in [0.2, 0.25) is 0 Å². The predicted molar refractivity (Wildman–Crippen MR) is 59.6 cm³/mol. The van der Waals surface area contributed by atoms with Gasteiger partial charge in [-0.15, -0.1) is 0 Å². The number of carbonyl (C=O) groups excluding carboxylic acids is 1. The van der Waals surface area contributed by atoms with Crippen molar-refractivity contribution < 1.29 is 9.53 Å². The molecule has 0 aromatic heterocycles. The Labute approximate surface area is 89.7 Å². The Balaban J connectivity index is 2.37.